The van der Waals surface area contributed by atoms with Crippen molar-refractivity contribution in [1.82, 2.24) is 5.32 Å². The van der Waals surface area contributed by atoms with E-state index in [0.717, 1.165) is 0 Å². The first-order valence-electron chi connectivity index (χ1n) is 10.6. The van der Waals surface area contributed by atoms with Gasteiger partial charge in [0, 0.05) is 22.9 Å². The molecule has 0 fully saturated rings. The van der Waals surface area contributed by atoms with Crippen LogP contribution in [-0.4, -0.2) is 43.7 Å². The molecule has 0 spiro atoms. The molecule has 32 heavy (non-hydrogen) atoms. The number of carbonyl (C=O) groups excluding carboxylic acids is 3. The van der Waals surface area contributed by atoms with Crippen molar-refractivity contribution in [2.45, 2.75) is 39.5 Å². The molecule has 0 aromatic heterocycles. The average Bonchev–Trinajstić information content (AvgIpc) is 2.76. The van der Waals surface area contributed by atoms with Crippen LogP contribution in [0.15, 0.2) is 40.7 Å². The van der Waals surface area contributed by atoms with E-state index in [0.29, 0.717) is 35.4 Å². The summed E-state index contributed by atoms with van der Waals surface area (Å²) in [5.74, 6) is -3.39. The lowest BCUT2D eigenvalue weighted by Gasteiger charge is -2.38. The molecule has 1 aliphatic carbocycles. The molecule has 1 aromatic carbocycles. The Labute approximate surface area is 187 Å². The highest BCUT2D eigenvalue weighted by molar-refractivity contribution is 6.12. The number of rotatable bonds is 6. The topological polar surface area (TPSA) is 111 Å². The lowest BCUT2D eigenvalue weighted by atomic mass is 9.69. The number of allylic oxidation sites excluding steroid dienone is 3. The van der Waals surface area contributed by atoms with E-state index in [2.05, 4.69) is 5.32 Å². The highest BCUT2D eigenvalue weighted by Crippen LogP contribution is 2.46. The molecule has 8 nitrogen and oxygen atoms in total. The van der Waals surface area contributed by atoms with E-state index in [4.69, 9.17) is 14.2 Å². The maximum absolute atomic E-state index is 13.6. The van der Waals surface area contributed by atoms with Crippen LogP contribution in [0.1, 0.15) is 45.1 Å². The fourth-order valence-electron chi connectivity index (χ4n) is 4.43. The van der Waals surface area contributed by atoms with E-state index in [9.17, 15) is 19.5 Å². The number of phenols is 1. The molecule has 0 unspecified atom stereocenters. The van der Waals surface area contributed by atoms with Crippen LogP contribution < -0.4 is 10.1 Å². The quantitative estimate of drug-likeness (QED) is 0.510. The van der Waals surface area contributed by atoms with Crippen LogP contribution in [0, 0.1) is 11.8 Å². The van der Waals surface area contributed by atoms with E-state index in [1.54, 1.807) is 19.1 Å². The molecule has 8 heteroatoms. The molecule has 1 aromatic rings. The Bertz CT molecular complexity index is 1010. The highest BCUT2D eigenvalue weighted by Gasteiger charge is 2.47. The second-order valence-electron chi connectivity index (χ2n) is 8.10. The van der Waals surface area contributed by atoms with Crippen molar-refractivity contribution in [3.05, 3.63) is 46.3 Å². The van der Waals surface area contributed by atoms with Crippen LogP contribution in [0.5, 0.6) is 11.5 Å². The van der Waals surface area contributed by atoms with Gasteiger partial charge in [-0.3, -0.25) is 9.59 Å². The van der Waals surface area contributed by atoms with Crippen molar-refractivity contribution in [3.8, 4) is 11.5 Å². The zero-order valence-corrected chi connectivity index (χ0v) is 19.0. The van der Waals surface area contributed by atoms with Gasteiger partial charge < -0.3 is 24.6 Å². The van der Waals surface area contributed by atoms with Crippen molar-refractivity contribution in [1.29, 1.82) is 0 Å². The Morgan fingerprint density at radius 3 is 2.59 bits per heavy atom. The van der Waals surface area contributed by atoms with Crippen LogP contribution >= 0.6 is 0 Å². The van der Waals surface area contributed by atoms with Gasteiger partial charge in [0.05, 0.1) is 26.4 Å². The third kappa shape index (κ3) is 4.09. The third-order valence-corrected chi connectivity index (χ3v) is 5.94. The van der Waals surface area contributed by atoms with Gasteiger partial charge in [-0.25, -0.2) is 4.79 Å². The molecule has 2 N–H and O–H groups in total. The summed E-state index contributed by atoms with van der Waals surface area (Å²) in [6.45, 7) is 5.72. The van der Waals surface area contributed by atoms with Crippen molar-refractivity contribution in [2.75, 3.05) is 20.8 Å². The summed E-state index contributed by atoms with van der Waals surface area (Å²) in [6, 6.07) is 4.68. The van der Waals surface area contributed by atoms with E-state index in [1.807, 2.05) is 13.8 Å². The SMILES string of the molecule is CCCOC(=O)C1=C(C)NC2=C(C(=O)[C@@H](C(=O)OC)[C@H](C)C2)[C@@H]1c1ccc(O)c(OC)c1. The molecular weight excluding hydrogens is 414 g/mol. The minimum absolute atomic E-state index is 0.0637. The minimum Gasteiger partial charge on any atom is -0.504 e. The largest absolute Gasteiger partial charge is 0.504 e. The molecule has 3 atom stereocenters. The number of ether oxygens (including phenoxy) is 3. The molecule has 0 radical (unpaired) electrons. The minimum atomic E-state index is -0.964. The smallest absolute Gasteiger partial charge is 0.336 e. The fourth-order valence-corrected chi connectivity index (χ4v) is 4.43. The third-order valence-electron chi connectivity index (χ3n) is 5.94. The van der Waals surface area contributed by atoms with Crippen LogP contribution in [0.3, 0.4) is 0 Å². The van der Waals surface area contributed by atoms with Gasteiger partial charge >= 0.3 is 11.9 Å². The summed E-state index contributed by atoms with van der Waals surface area (Å²) in [6.07, 6.45) is 1.10. The number of Topliss-reactive ketones (excluding diaryl/α,β-unsaturated/α-hetero) is 1. The molecular formula is C24H29NO7. The highest BCUT2D eigenvalue weighted by atomic mass is 16.5. The summed E-state index contributed by atoms with van der Waals surface area (Å²) in [5.41, 5.74) is 2.45. The van der Waals surface area contributed by atoms with Gasteiger partial charge in [-0.05, 0) is 43.4 Å². The maximum atomic E-state index is 13.6. The Morgan fingerprint density at radius 2 is 1.97 bits per heavy atom. The summed E-state index contributed by atoms with van der Waals surface area (Å²) in [5, 5.41) is 13.3. The van der Waals surface area contributed by atoms with Crippen LogP contribution in [0.25, 0.3) is 0 Å². The number of hydrogen-bond acceptors (Lipinski definition) is 8. The summed E-state index contributed by atoms with van der Waals surface area (Å²) < 4.78 is 15.6. The first kappa shape index (κ1) is 23.4. The van der Waals surface area contributed by atoms with E-state index >= 15 is 0 Å². The monoisotopic (exact) mass is 443 g/mol. The molecule has 0 saturated carbocycles. The van der Waals surface area contributed by atoms with Crippen molar-refractivity contribution < 1.29 is 33.7 Å². The van der Waals surface area contributed by atoms with Crippen molar-refractivity contribution in [3.63, 3.8) is 0 Å². The zero-order chi connectivity index (χ0) is 23.6. The second-order valence-corrected chi connectivity index (χ2v) is 8.10. The standard InChI is InChI=1S/C24H29NO7/c1-6-9-32-24(29)19-13(3)25-15-10-12(2)18(23(28)31-5)22(27)21(15)20(19)14-7-8-16(26)17(11-14)30-4/h7-8,11-12,18,20,25-26H,6,9-10H2,1-5H3/t12-,18+,20-/m1/s1. The number of phenolic OH excluding ortho intramolecular Hbond substituents is 1. The molecule has 1 aliphatic heterocycles. The van der Waals surface area contributed by atoms with Gasteiger partial charge in [0.15, 0.2) is 17.3 Å². The van der Waals surface area contributed by atoms with E-state index in [1.165, 1.54) is 20.3 Å². The number of ketones is 1. The predicted molar refractivity (Wildman–Crippen MR) is 116 cm³/mol. The van der Waals surface area contributed by atoms with Gasteiger partial charge in [-0.1, -0.05) is 19.9 Å². The predicted octanol–water partition coefficient (Wildman–Crippen LogP) is 2.97. The van der Waals surface area contributed by atoms with Crippen molar-refractivity contribution in [2.24, 2.45) is 11.8 Å². The number of methoxy groups -OCH3 is 2. The Balaban J connectivity index is 2.20. The lowest BCUT2D eigenvalue weighted by molar-refractivity contribution is -0.151. The Morgan fingerprint density at radius 1 is 1.25 bits per heavy atom. The molecule has 0 amide bonds. The van der Waals surface area contributed by atoms with E-state index in [-0.39, 0.29) is 35.4 Å². The Kier molecular flexibility index (Phi) is 6.91. The summed E-state index contributed by atoms with van der Waals surface area (Å²) in [7, 11) is 2.68. The average molecular weight is 443 g/mol. The number of nitrogens with one attached hydrogen (secondary N) is 1. The molecule has 172 valence electrons. The first-order chi connectivity index (χ1) is 15.2. The van der Waals surface area contributed by atoms with Crippen LogP contribution in [0.4, 0.5) is 0 Å². The Hall–Kier alpha value is -3.29. The summed E-state index contributed by atoms with van der Waals surface area (Å²) >= 11 is 0. The van der Waals surface area contributed by atoms with Crippen LogP contribution in [-0.2, 0) is 23.9 Å². The van der Waals surface area contributed by atoms with Gasteiger partial charge in [0.1, 0.15) is 5.92 Å². The number of benzene rings is 1. The van der Waals surface area contributed by atoms with E-state index < -0.39 is 23.8 Å². The first-order valence-corrected chi connectivity index (χ1v) is 10.6. The van der Waals surface area contributed by atoms with Crippen LogP contribution in [0.2, 0.25) is 0 Å². The molecule has 0 saturated heterocycles. The summed E-state index contributed by atoms with van der Waals surface area (Å²) in [4.78, 5) is 39.1. The molecule has 1 heterocycles. The molecule has 2 aliphatic rings. The van der Waals surface area contributed by atoms with Gasteiger partial charge in [-0.2, -0.15) is 0 Å². The van der Waals surface area contributed by atoms with Gasteiger partial charge in [0.25, 0.3) is 0 Å². The lowest BCUT2D eigenvalue weighted by Crippen LogP contribution is -2.43. The number of aromatic hydroxyl groups is 1. The number of esters is 2. The number of carbonyl (C=O) groups is 3. The molecule has 0 bridgehead atoms. The maximum Gasteiger partial charge on any atom is 0.336 e. The molecule has 3 rings (SSSR count). The van der Waals surface area contributed by atoms with Gasteiger partial charge in [0.2, 0.25) is 0 Å². The number of dihydropyridines is 1. The number of hydrogen-bond donors (Lipinski definition) is 2. The normalized spacial score (nSPS) is 22.8. The second kappa shape index (κ2) is 9.46. The fraction of sp³-hybridized carbons (Fsp3) is 0.458. The van der Waals surface area contributed by atoms with Crippen molar-refractivity contribution >= 4 is 17.7 Å². The van der Waals surface area contributed by atoms with Gasteiger partial charge in [-0.15, -0.1) is 0 Å². The zero-order valence-electron chi connectivity index (χ0n) is 19.0.